The number of hydrogen-bond donors (Lipinski definition) is 1. The molecule has 0 saturated carbocycles. The molecule has 1 N–H and O–H groups in total. The van der Waals surface area contributed by atoms with Gasteiger partial charge in [0.1, 0.15) is 16.4 Å². The number of benzene rings is 3. The molecule has 1 amide bonds. The molecule has 4 rings (SSSR count). The quantitative estimate of drug-likeness (QED) is 0.135. The number of halogens is 2. The van der Waals surface area contributed by atoms with E-state index >= 15 is 0 Å². The topological polar surface area (TPSA) is 77.0 Å². The van der Waals surface area contributed by atoms with Crippen LogP contribution in [0.2, 0.25) is 10.0 Å². The van der Waals surface area contributed by atoms with Crippen molar-refractivity contribution in [2.45, 2.75) is 13.0 Å². The summed E-state index contributed by atoms with van der Waals surface area (Å²) in [7, 11) is 0. The maximum absolute atomic E-state index is 12.7. The molecule has 4 aromatic rings. The Bertz CT molecular complexity index is 1390. The Kier molecular flexibility index (Phi) is 7.47. The van der Waals surface area contributed by atoms with Crippen LogP contribution in [-0.2, 0) is 4.79 Å². The predicted octanol–water partition coefficient (Wildman–Crippen LogP) is 6.34. The first-order valence-electron chi connectivity index (χ1n) is 10.1. The second-order valence-corrected chi connectivity index (χ2v) is 9.02. The summed E-state index contributed by atoms with van der Waals surface area (Å²) in [5, 5.41) is 5.65. The number of hydrogen-bond acceptors (Lipinski definition) is 6. The molecule has 0 radical (unpaired) electrons. The van der Waals surface area contributed by atoms with Gasteiger partial charge in [-0.3, -0.25) is 4.79 Å². The van der Waals surface area contributed by atoms with Gasteiger partial charge in [0, 0.05) is 15.1 Å². The first-order chi connectivity index (χ1) is 16.4. The molecule has 0 spiro atoms. The summed E-state index contributed by atoms with van der Waals surface area (Å²) in [6.45, 7) is 1.60. The van der Waals surface area contributed by atoms with Gasteiger partial charge in [-0.1, -0.05) is 59.6 Å². The van der Waals surface area contributed by atoms with E-state index in [0.29, 0.717) is 32.0 Å². The summed E-state index contributed by atoms with van der Waals surface area (Å²) in [5.41, 5.74) is 3.04. The lowest BCUT2D eigenvalue weighted by Gasteiger charge is -2.12. The fraction of sp³-hybridized carbons (Fsp3) is 0.0800. The lowest BCUT2D eigenvalue weighted by atomic mass is 10.2. The number of nitrogens with zero attached hydrogens (tertiary/aromatic N) is 1. The van der Waals surface area contributed by atoms with Crippen LogP contribution in [-0.4, -0.2) is 24.2 Å². The highest BCUT2D eigenvalue weighted by molar-refractivity contribution is 7.21. The molecule has 1 atom stereocenters. The Morgan fingerprint density at radius 3 is 2.56 bits per heavy atom. The maximum atomic E-state index is 12.7. The third kappa shape index (κ3) is 5.75. The molecule has 9 heteroatoms. The van der Waals surface area contributed by atoms with Crippen molar-refractivity contribution in [3.8, 4) is 11.5 Å². The minimum absolute atomic E-state index is 0.325. The second-order valence-electron chi connectivity index (χ2n) is 7.16. The molecule has 0 aliphatic rings. The Morgan fingerprint density at radius 1 is 1.00 bits per heavy atom. The molecule has 1 unspecified atom stereocenters. The lowest BCUT2D eigenvalue weighted by molar-refractivity contribution is -0.127. The molecular formula is C25H18Cl2N2O4S. The van der Waals surface area contributed by atoms with Crippen LogP contribution >= 0.6 is 34.5 Å². The van der Waals surface area contributed by atoms with Gasteiger partial charge in [-0.2, -0.15) is 5.10 Å². The number of esters is 1. The van der Waals surface area contributed by atoms with Crippen LogP contribution in [0.15, 0.2) is 77.9 Å². The van der Waals surface area contributed by atoms with Gasteiger partial charge < -0.3 is 9.47 Å². The first kappa shape index (κ1) is 23.8. The minimum atomic E-state index is -0.783. The van der Waals surface area contributed by atoms with Gasteiger partial charge in [-0.25, -0.2) is 10.2 Å². The highest BCUT2D eigenvalue weighted by Gasteiger charge is 2.19. The van der Waals surface area contributed by atoms with Crippen molar-refractivity contribution in [1.82, 2.24) is 5.43 Å². The molecule has 0 aliphatic heterocycles. The number of carbonyl (C=O) groups is 2. The summed E-state index contributed by atoms with van der Waals surface area (Å²) >= 11 is 13.6. The molecular weight excluding hydrogens is 495 g/mol. The van der Waals surface area contributed by atoms with E-state index in [4.69, 9.17) is 32.7 Å². The van der Waals surface area contributed by atoms with Crippen molar-refractivity contribution in [2.75, 3.05) is 0 Å². The molecule has 0 saturated heterocycles. The number of ether oxygens (including phenoxy) is 2. The number of fused-ring (bicyclic) bond motifs is 1. The van der Waals surface area contributed by atoms with E-state index in [-0.39, 0.29) is 0 Å². The summed E-state index contributed by atoms with van der Waals surface area (Å²) in [4.78, 5) is 25.2. The number of hydrazone groups is 1. The largest absolute Gasteiger partial charge is 0.481 e. The van der Waals surface area contributed by atoms with Gasteiger partial charge in [-0.05, 0) is 48.9 Å². The van der Waals surface area contributed by atoms with Crippen molar-refractivity contribution in [2.24, 2.45) is 5.10 Å². The van der Waals surface area contributed by atoms with Crippen molar-refractivity contribution in [3.05, 3.63) is 93.3 Å². The van der Waals surface area contributed by atoms with E-state index in [2.05, 4.69) is 10.5 Å². The van der Waals surface area contributed by atoms with Gasteiger partial charge in [0.15, 0.2) is 6.10 Å². The lowest BCUT2D eigenvalue weighted by Crippen LogP contribution is -2.33. The maximum Gasteiger partial charge on any atom is 0.355 e. The predicted molar refractivity (Wildman–Crippen MR) is 136 cm³/mol. The molecule has 0 bridgehead atoms. The van der Waals surface area contributed by atoms with E-state index in [9.17, 15) is 9.59 Å². The summed E-state index contributed by atoms with van der Waals surface area (Å²) < 4.78 is 12.0. The van der Waals surface area contributed by atoms with Crippen LogP contribution in [0.25, 0.3) is 10.1 Å². The molecule has 6 nitrogen and oxygen atoms in total. The first-order valence-corrected chi connectivity index (χ1v) is 11.7. The molecule has 34 heavy (non-hydrogen) atoms. The zero-order valence-corrected chi connectivity index (χ0v) is 20.2. The van der Waals surface area contributed by atoms with Crippen molar-refractivity contribution < 1.29 is 19.1 Å². The standard InChI is InChI=1S/C25H18Cl2N2O4S/c1-15(32-19-9-5-7-17(26)13-19)24(30)29-28-14-16-6-4-8-18(12-16)33-25(31)23-22(27)20-10-2-3-11-21(20)34-23/h2-15H,1H3,(H,29,30). The summed E-state index contributed by atoms with van der Waals surface area (Å²) in [5.74, 6) is -0.169. The van der Waals surface area contributed by atoms with E-state index in [1.54, 1.807) is 55.5 Å². The zero-order valence-electron chi connectivity index (χ0n) is 17.8. The zero-order chi connectivity index (χ0) is 24.1. The average Bonchev–Trinajstić information content (AvgIpc) is 3.16. The number of carbonyl (C=O) groups excluding carboxylic acids is 2. The van der Waals surface area contributed by atoms with Gasteiger partial charge in [0.25, 0.3) is 5.91 Å². The Labute approximate surface area is 209 Å². The van der Waals surface area contributed by atoms with Crippen LogP contribution in [0, 0.1) is 0 Å². The van der Waals surface area contributed by atoms with Gasteiger partial charge in [-0.15, -0.1) is 11.3 Å². The van der Waals surface area contributed by atoms with Gasteiger partial charge in [0.05, 0.1) is 11.2 Å². The molecule has 0 aliphatic carbocycles. The highest BCUT2D eigenvalue weighted by Crippen LogP contribution is 2.35. The monoisotopic (exact) mass is 512 g/mol. The molecule has 1 heterocycles. The second kappa shape index (κ2) is 10.7. The third-order valence-corrected chi connectivity index (χ3v) is 6.55. The number of nitrogens with one attached hydrogen (secondary N) is 1. The molecule has 3 aromatic carbocycles. The molecule has 1 aromatic heterocycles. The number of rotatable bonds is 7. The van der Waals surface area contributed by atoms with Crippen LogP contribution < -0.4 is 14.9 Å². The SMILES string of the molecule is CC(Oc1cccc(Cl)c1)C(=O)NN=Cc1cccc(OC(=O)c2sc3ccccc3c2Cl)c1. The van der Waals surface area contributed by atoms with Gasteiger partial charge >= 0.3 is 5.97 Å². The van der Waals surface area contributed by atoms with E-state index in [1.807, 2.05) is 24.3 Å². The Morgan fingerprint density at radius 2 is 1.76 bits per heavy atom. The summed E-state index contributed by atoms with van der Waals surface area (Å²) in [6.07, 6.45) is 0.655. The van der Waals surface area contributed by atoms with E-state index < -0.39 is 18.0 Å². The van der Waals surface area contributed by atoms with Crippen LogP contribution in [0.1, 0.15) is 22.2 Å². The third-order valence-electron chi connectivity index (χ3n) is 4.66. The molecule has 172 valence electrons. The number of thiophene rings is 1. The van der Waals surface area contributed by atoms with Crippen molar-refractivity contribution in [1.29, 1.82) is 0 Å². The normalized spacial score (nSPS) is 12.0. The van der Waals surface area contributed by atoms with Crippen molar-refractivity contribution >= 4 is 62.7 Å². The smallest absolute Gasteiger partial charge is 0.355 e. The van der Waals surface area contributed by atoms with E-state index in [1.165, 1.54) is 17.6 Å². The van der Waals surface area contributed by atoms with Crippen LogP contribution in [0.3, 0.4) is 0 Å². The van der Waals surface area contributed by atoms with Crippen molar-refractivity contribution in [3.63, 3.8) is 0 Å². The van der Waals surface area contributed by atoms with Crippen LogP contribution in [0.4, 0.5) is 0 Å². The minimum Gasteiger partial charge on any atom is -0.481 e. The van der Waals surface area contributed by atoms with E-state index in [0.717, 1.165) is 10.1 Å². The average molecular weight is 513 g/mol. The Hall–Kier alpha value is -3.39. The summed E-state index contributed by atoms with van der Waals surface area (Å²) in [6, 6.07) is 21.0. The fourth-order valence-corrected chi connectivity index (χ4v) is 4.58. The number of amides is 1. The highest BCUT2D eigenvalue weighted by atomic mass is 35.5. The Balaban J connectivity index is 1.36. The van der Waals surface area contributed by atoms with Crippen LogP contribution in [0.5, 0.6) is 11.5 Å². The fourth-order valence-electron chi connectivity index (χ4n) is 3.02. The molecule has 0 fully saturated rings. The van der Waals surface area contributed by atoms with Gasteiger partial charge in [0.2, 0.25) is 0 Å².